The molecule has 1 saturated heterocycles. The fourth-order valence-corrected chi connectivity index (χ4v) is 5.10. The standard InChI is InChI=1S/C19H20FNO3.C13H12O3.Ca.2H/c20-15-3-1-13(2-4-15)17-7-8-21-10-14(17)11-22-16-5-6-18-19(9-16)24-12-23-18;1-16-12-5-4-10-6-9(7-13(14)15)2-3-11(10)8-12;;;/h1-6,9,14,17,21H,7-8,10-12H2;2-6,8H,7H2,1H3,(H,14,15);;;/t14-,17-;;;;/m0..../s1. The van der Waals surface area contributed by atoms with Crippen LogP contribution in [-0.2, 0) is 11.2 Å². The van der Waals surface area contributed by atoms with Crippen molar-refractivity contribution in [2.75, 3.05) is 33.6 Å². The van der Waals surface area contributed by atoms with Crippen molar-refractivity contribution in [3.05, 3.63) is 95.8 Å². The van der Waals surface area contributed by atoms with Gasteiger partial charge in [0, 0.05) is 18.5 Å². The van der Waals surface area contributed by atoms with Gasteiger partial charge < -0.3 is 29.4 Å². The first-order valence-corrected chi connectivity index (χ1v) is 13.3. The van der Waals surface area contributed by atoms with Crippen LogP contribution in [0.4, 0.5) is 4.39 Å². The van der Waals surface area contributed by atoms with Crippen LogP contribution in [0.25, 0.3) is 10.8 Å². The van der Waals surface area contributed by atoms with E-state index < -0.39 is 5.97 Å². The van der Waals surface area contributed by atoms with E-state index in [2.05, 4.69) is 5.32 Å². The Labute approximate surface area is 268 Å². The van der Waals surface area contributed by atoms with E-state index in [0.29, 0.717) is 18.4 Å². The average molecular weight is 588 g/mol. The van der Waals surface area contributed by atoms with Crippen LogP contribution < -0.4 is 24.3 Å². The van der Waals surface area contributed by atoms with E-state index in [1.54, 1.807) is 7.11 Å². The molecule has 4 aromatic carbocycles. The average Bonchev–Trinajstić information content (AvgIpc) is 3.45. The van der Waals surface area contributed by atoms with Gasteiger partial charge in [0.25, 0.3) is 0 Å². The predicted molar refractivity (Wildman–Crippen MR) is 159 cm³/mol. The third kappa shape index (κ3) is 8.26. The SMILES string of the molecule is COc1ccc2cc(CC(=O)O)ccc2c1.Fc1ccc([C@@H]2CCNC[C@H]2COc2ccc3c(c2)OCO3)cc1.[CaH2]. The Morgan fingerprint density at radius 3 is 2.46 bits per heavy atom. The van der Waals surface area contributed by atoms with Crippen molar-refractivity contribution < 1.29 is 33.2 Å². The van der Waals surface area contributed by atoms with Crippen molar-refractivity contribution in [3.63, 3.8) is 0 Å². The van der Waals surface area contributed by atoms with E-state index in [1.807, 2.05) is 66.7 Å². The number of hydrogen-bond donors (Lipinski definition) is 2. The molecule has 212 valence electrons. The number of aliphatic carboxylic acids is 1. The molecule has 2 N–H and O–H groups in total. The minimum absolute atomic E-state index is 0. The van der Waals surface area contributed by atoms with Gasteiger partial charge in [-0.1, -0.05) is 36.4 Å². The van der Waals surface area contributed by atoms with Gasteiger partial charge in [0.2, 0.25) is 6.79 Å². The van der Waals surface area contributed by atoms with Crippen molar-refractivity contribution in [1.29, 1.82) is 0 Å². The Bertz CT molecular complexity index is 1460. The second-order valence-electron chi connectivity index (χ2n) is 9.85. The van der Waals surface area contributed by atoms with Crippen molar-refractivity contribution in [2.45, 2.75) is 18.8 Å². The molecule has 0 bridgehead atoms. The Balaban J connectivity index is 0.000000200. The van der Waals surface area contributed by atoms with Crippen molar-refractivity contribution in [1.82, 2.24) is 5.32 Å². The summed E-state index contributed by atoms with van der Waals surface area (Å²) < 4.78 is 35.0. The van der Waals surface area contributed by atoms with E-state index >= 15 is 0 Å². The van der Waals surface area contributed by atoms with Gasteiger partial charge >= 0.3 is 43.7 Å². The van der Waals surface area contributed by atoms with Crippen molar-refractivity contribution in [2.24, 2.45) is 5.92 Å². The molecule has 2 heterocycles. The Morgan fingerprint density at radius 1 is 0.951 bits per heavy atom. The molecule has 0 saturated carbocycles. The molecule has 9 heteroatoms. The Morgan fingerprint density at radius 2 is 1.68 bits per heavy atom. The van der Waals surface area contributed by atoms with Gasteiger partial charge in [-0.3, -0.25) is 4.79 Å². The van der Waals surface area contributed by atoms with E-state index in [1.165, 1.54) is 17.7 Å². The number of fused-ring (bicyclic) bond motifs is 2. The molecule has 0 spiro atoms. The first-order chi connectivity index (χ1) is 19.5. The van der Waals surface area contributed by atoms with Crippen LogP contribution in [0.3, 0.4) is 0 Å². The molecule has 2 aliphatic rings. The number of ether oxygens (including phenoxy) is 4. The van der Waals surface area contributed by atoms with Crippen LogP contribution in [-0.4, -0.2) is 82.4 Å². The zero-order chi connectivity index (χ0) is 27.9. The fourth-order valence-electron chi connectivity index (χ4n) is 5.10. The summed E-state index contributed by atoms with van der Waals surface area (Å²) in [6.07, 6.45) is 1.09. The molecule has 41 heavy (non-hydrogen) atoms. The summed E-state index contributed by atoms with van der Waals surface area (Å²) in [5.41, 5.74) is 1.99. The summed E-state index contributed by atoms with van der Waals surface area (Å²) >= 11 is 0. The molecule has 0 aromatic heterocycles. The van der Waals surface area contributed by atoms with Crippen molar-refractivity contribution in [3.8, 4) is 23.0 Å². The van der Waals surface area contributed by atoms with Crippen LogP contribution in [0.5, 0.6) is 23.0 Å². The fraction of sp³-hybridized carbons (Fsp3) is 0.281. The second-order valence-corrected chi connectivity index (χ2v) is 9.85. The summed E-state index contributed by atoms with van der Waals surface area (Å²) in [5, 5.41) is 14.2. The summed E-state index contributed by atoms with van der Waals surface area (Å²) in [7, 11) is 1.62. The number of hydrogen-bond acceptors (Lipinski definition) is 6. The van der Waals surface area contributed by atoms with Gasteiger partial charge in [-0.25, -0.2) is 4.39 Å². The summed E-state index contributed by atoms with van der Waals surface area (Å²) in [5.74, 6) is 2.78. The van der Waals surface area contributed by atoms with E-state index in [0.717, 1.165) is 58.8 Å². The van der Waals surface area contributed by atoms with Gasteiger partial charge in [-0.15, -0.1) is 0 Å². The number of halogens is 1. The Hall–Kier alpha value is -3.04. The zero-order valence-electron chi connectivity index (χ0n) is 22.3. The maximum absolute atomic E-state index is 13.2. The monoisotopic (exact) mass is 587 g/mol. The van der Waals surface area contributed by atoms with E-state index in [-0.39, 0.29) is 56.8 Å². The third-order valence-electron chi connectivity index (χ3n) is 7.18. The van der Waals surface area contributed by atoms with Crippen LogP contribution in [0.2, 0.25) is 0 Å². The maximum atomic E-state index is 13.2. The number of piperidine rings is 1. The molecule has 6 rings (SSSR count). The summed E-state index contributed by atoms with van der Waals surface area (Å²) in [4.78, 5) is 10.6. The molecule has 2 atom stereocenters. The summed E-state index contributed by atoms with van der Waals surface area (Å²) in [6, 6.07) is 23.8. The number of carboxylic acids is 1. The van der Waals surface area contributed by atoms with Crippen LogP contribution in [0.1, 0.15) is 23.5 Å². The van der Waals surface area contributed by atoms with Gasteiger partial charge in [0.15, 0.2) is 11.5 Å². The first-order valence-electron chi connectivity index (χ1n) is 13.3. The molecular weight excluding hydrogens is 553 g/mol. The number of carbonyl (C=O) groups is 1. The quantitative estimate of drug-likeness (QED) is 0.298. The van der Waals surface area contributed by atoms with E-state index in [9.17, 15) is 9.18 Å². The van der Waals surface area contributed by atoms with Crippen LogP contribution in [0.15, 0.2) is 78.9 Å². The normalized spacial score (nSPS) is 17.1. The number of nitrogens with one attached hydrogen (secondary N) is 1. The zero-order valence-corrected chi connectivity index (χ0v) is 22.3. The molecule has 0 unspecified atom stereocenters. The molecule has 2 aliphatic heterocycles. The minimum atomic E-state index is -0.812. The van der Waals surface area contributed by atoms with Crippen LogP contribution in [0, 0.1) is 11.7 Å². The van der Waals surface area contributed by atoms with E-state index in [4.69, 9.17) is 24.1 Å². The molecule has 0 amide bonds. The van der Waals surface area contributed by atoms with Crippen molar-refractivity contribution >= 4 is 54.5 Å². The molecule has 0 radical (unpaired) electrons. The van der Waals surface area contributed by atoms with Crippen LogP contribution >= 0.6 is 0 Å². The molecule has 4 aromatic rings. The van der Waals surface area contributed by atoms with Gasteiger partial charge in [-0.05, 0) is 77.2 Å². The van der Waals surface area contributed by atoms with Gasteiger partial charge in [0.05, 0.1) is 20.1 Å². The number of methoxy groups -OCH3 is 1. The Kier molecular flexibility index (Phi) is 11.1. The molecule has 1 fully saturated rings. The molecular formula is C32H34CaFNO6. The molecule has 0 aliphatic carbocycles. The van der Waals surface area contributed by atoms with Gasteiger partial charge in [0.1, 0.15) is 17.3 Å². The topological polar surface area (TPSA) is 86.3 Å². The van der Waals surface area contributed by atoms with Gasteiger partial charge in [-0.2, -0.15) is 0 Å². The first kappa shape index (κ1) is 30.9. The summed E-state index contributed by atoms with van der Waals surface area (Å²) in [6.45, 7) is 2.74. The second kappa shape index (κ2) is 14.7. The number of benzene rings is 4. The predicted octanol–water partition coefficient (Wildman–Crippen LogP) is 4.89. The molecule has 7 nitrogen and oxygen atoms in total. The third-order valence-corrected chi connectivity index (χ3v) is 7.18. The number of rotatable bonds is 7. The number of carboxylic acid groups (broad SMARTS) is 1.